The molecule has 0 amide bonds. The monoisotopic (exact) mass is 312 g/mol. The van der Waals surface area contributed by atoms with E-state index in [2.05, 4.69) is 15.9 Å². The largest absolute Gasteiger partial charge is 0.388 e. The molecule has 0 spiro atoms. The molecule has 1 atom stereocenters. The van der Waals surface area contributed by atoms with Crippen molar-refractivity contribution >= 4 is 15.9 Å². The Hall–Kier alpha value is -1.26. The van der Waals surface area contributed by atoms with Crippen LogP contribution in [0, 0.1) is 11.6 Å². The zero-order chi connectivity index (χ0) is 13.1. The Kier molecular flexibility index (Phi) is 4.09. The highest BCUT2D eigenvalue weighted by Crippen LogP contribution is 2.23. The summed E-state index contributed by atoms with van der Waals surface area (Å²) in [6.07, 6.45) is -0.705. The molecule has 0 aliphatic rings. The van der Waals surface area contributed by atoms with Gasteiger partial charge in [0.1, 0.15) is 11.6 Å². The normalized spacial score (nSPS) is 12.4. The molecule has 18 heavy (non-hydrogen) atoms. The Morgan fingerprint density at radius 3 is 2.44 bits per heavy atom. The van der Waals surface area contributed by atoms with Crippen LogP contribution in [-0.2, 0) is 6.42 Å². The minimum Gasteiger partial charge on any atom is -0.388 e. The lowest BCUT2D eigenvalue weighted by molar-refractivity contribution is 0.173. The van der Waals surface area contributed by atoms with Crippen LogP contribution < -0.4 is 0 Å². The van der Waals surface area contributed by atoms with Gasteiger partial charge in [-0.05, 0) is 39.7 Å². The van der Waals surface area contributed by atoms with Gasteiger partial charge in [0.2, 0.25) is 0 Å². The fourth-order valence-electron chi connectivity index (χ4n) is 1.75. The van der Waals surface area contributed by atoms with Gasteiger partial charge in [-0.3, -0.25) is 0 Å². The third-order valence-corrected chi connectivity index (χ3v) is 3.28. The third kappa shape index (κ3) is 2.94. The van der Waals surface area contributed by atoms with Crippen molar-refractivity contribution in [3.63, 3.8) is 0 Å². The van der Waals surface area contributed by atoms with E-state index in [0.29, 0.717) is 4.47 Å². The third-order valence-electron chi connectivity index (χ3n) is 2.68. The van der Waals surface area contributed by atoms with Crippen molar-refractivity contribution < 1.29 is 13.9 Å². The molecule has 1 nitrogen and oxygen atoms in total. The topological polar surface area (TPSA) is 20.2 Å². The zero-order valence-corrected chi connectivity index (χ0v) is 11.0. The van der Waals surface area contributed by atoms with Gasteiger partial charge in [-0.25, -0.2) is 8.78 Å². The van der Waals surface area contributed by atoms with E-state index >= 15 is 0 Å². The summed E-state index contributed by atoms with van der Waals surface area (Å²) in [5.41, 5.74) is 0.983. The predicted molar refractivity (Wildman–Crippen MR) is 69.2 cm³/mol. The first-order valence-corrected chi connectivity index (χ1v) is 6.23. The summed E-state index contributed by atoms with van der Waals surface area (Å²) in [5, 5.41) is 9.97. The summed E-state index contributed by atoms with van der Waals surface area (Å²) in [6.45, 7) is 0. The van der Waals surface area contributed by atoms with E-state index in [1.165, 1.54) is 12.1 Å². The molecule has 2 aromatic rings. The Morgan fingerprint density at radius 1 is 1.06 bits per heavy atom. The van der Waals surface area contributed by atoms with Crippen LogP contribution in [0.4, 0.5) is 8.78 Å². The van der Waals surface area contributed by atoms with Crippen molar-refractivity contribution in [3.8, 4) is 0 Å². The van der Waals surface area contributed by atoms with Crippen LogP contribution in [0.1, 0.15) is 17.2 Å². The first-order valence-electron chi connectivity index (χ1n) is 5.44. The minimum atomic E-state index is -0.941. The maximum atomic E-state index is 13.5. The fourth-order valence-corrected chi connectivity index (χ4v) is 2.17. The highest BCUT2D eigenvalue weighted by atomic mass is 79.9. The van der Waals surface area contributed by atoms with Crippen LogP contribution in [0.3, 0.4) is 0 Å². The molecule has 1 unspecified atom stereocenters. The number of rotatable bonds is 3. The van der Waals surface area contributed by atoms with E-state index in [4.69, 9.17) is 0 Å². The van der Waals surface area contributed by atoms with E-state index < -0.39 is 11.9 Å². The molecule has 0 fully saturated rings. The summed E-state index contributed by atoms with van der Waals surface area (Å²) in [5.74, 6) is -0.801. The van der Waals surface area contributed by atoms with E-state index in [1.54, 1.807) is 30.3 Å². The molecule has 2 aromatic carbocycles. The van der Waals surface area contributed by atoms with Crippen molar-refractivity contribution in [1.82, 2.24) is 0 Å². The zero-order valence-electron chi connectivity index (χ0n) is 9.41. The van der Waals surface area contributed by atoms with Gasteiger partial charge in [-0.15, -0.1) is 0 Å². The summed E-state index contributed by atoms with van der Waals surface area (Å²) in [4.78, 5) is 0. The first-order chi connectivity index (χ1) is 8.58. The number of aliphatic hydroxyl groups excluding tert-OH is 1. The summed E-state index contributed by atoms with van der Waals surface area (Å²) >= 11 is 3.08. The lowest BCUT2D eigenvalue weighted by atomic mass is 10.0. The van der Waals surface area contributed by atoms with Crippen LogP contribution in [-0.4, -0.2) is 5.11 Å². The first kappa shape index (κ1) is 13.2. The van der Waals surface area contributed by atoms with Crippen molar-refractivity contribution in [2.24, 2.45) is 0 Å². The molecule has 0 aliphatic carbocycles. The average molecular weight is 313 g/mol. The average Bonchev–Trinajstić information content (AvgIpc) is 2.34. The minimum absolute atomic E-state index is 0.236. The van der Waals surface area contributed by atoms with Crippen LogP contribution in [0.15, 0.2) is 46.9 Å². The van der Waals surface area contributed by atoms with Gasteiger partial charge in [0.15, 0.2) is 0 Å². The second-order valence-electron chi connectivity index (χ2n) is 3.99. The molecule has 0 aliphatic heterocycles. The van der Waals surface area contributed by atoms with Gasteiger partial charge >= 0.3 is 0 Å². The maximum absolute atomic E-state index is 13.5. The summed E-state index contributed by atoms with van der Waals surface area (Å²) in [6, 6.07) is 10.6. The molecule has 2 rings (SSSR count). The highest BCUT2D eigenvalue weighted by molar-refractivity contribution is 9.10. The van der Waals surface area contributed by atoms with Gasteiger partial charge in [0, 0.05) is 12.0 Å². The molecule has 0 aromatic heterocycles. The Bertz CT molecular complexity index is 557. The quantitative estimate of drug-likeness (QED) is 0.908. The second-order valence-corrected chi connectivity index (χ2v) is 4.84. The van der Waals surface area contributed by atoms with E-state index in [0.717, 1.165) is 5.56 Å². The van der Waals surface area contributed by atoms with Crippen LogP contribution in [0.25, 0.3) is 0 Å². The van der Waals surface area contributed by atoms with Gasteiger partial charge in [-0.1, -0.05) is 24.3 Å². The predicted octanol–water partition coefficient (Wildman–Crippen LogP) is 4.00. The molecule has 4 heteroatoms. The standard InChI is InChI=1S/C14H11BrF2O/c15-11-7-9(5-6-13(11)17)8-14(18)10-3-1-2-4-12(10)16/h1-7,14,18H,8H2. The molecule has 0 saturated heterocycles. The fraction of sp³-hybridized carbons (Fsp3) is 0.143. The smallest absolute Gasteiger partial charge is 0.137 e. The van der Waals surface area contributed by atoms with Gasteiger partial charge in [-0.2, -0.15) is 0 Å². The summed E-state index contributed by atoms with van der Waals surface area (Å²) in [7, 11) is 0. The summed E-state index contributed by atoms with van der Waals surface area (Å²) < 4.78 is 26.8. The second kappa shape index (κ2) is 5.59. The Morgan fingerprint density at radius 2 is 1.78 bits per heavy atom. The van der Waals surface area contributed by atoms with Gasteiger partial charge < -0.3 is 5.11 Å². The van der Waals surface area contributed by atoms with Crippen molar-refractivity contribution in [3.05, 3.63) is 69.7 Å². The number of hydrogen-bond donors (Lipinski definition) is 1. The molecule has 0 bridgehead atoms. The highest BCUT2D eigenvalue weighted by Gasteiger charge is 2.13. The molecular weight excluding hydrogens is 302 g/mol. The molecule has 0 heterocycles. The maximum Gasteiger partial charge on any atom is 0.137 e. The number of aliphatic hydroxyl groups is 1. The van der Waals surface area contributed by atoms with E-state index in [-0.39, 0.29) is 17.8 Å². The van der Waals surface area contributed by atoms with Crippen molar-refractivity contribution in [1.29, 1.82) is 0 Å². The van der Waals surface area contributed by atoms with Gasteiger partial charge in [0.25, 0.3) is 0 Å². The van der Waals surface area contributed by atoms with E-state index in [1.807, 2.05) is 0 Å². The number of halogens is 3. The SMILES string of the molecule is OC(Cc1ccc(F)c(Br)c1)c1ccccc1F. The van der Waals surface area contributed by atoms with Crippen LogP contribution in [0.2, 0.25) is 0 Å². The molecular formula is C14H11BrF2O. The number of hydrogen-bond acceptors (Lipinski definition) is 1. The lowest BCUT2D eigenvalue weighted by Gasteiger charge is -2.12. The lowest BCUT2D eigenvalue weighted by Crippen LogP contribution is -2.04. The van der Waals surface area contributed by atoms with Gasteiger partial charge in [0.05, 0.1) is 10.6 Å². The van der Waals surface area contributed by atoms with Crippen molar-refractivity contribution in [2.45, 2.75) is 12.5 Å². The van der Waals surface area contributed by atoms with Crippen LogP contribution >= 0.6 is 15.9 Å². The molecule has 1 N–H and O–H groups in total. The Balaban J connectivity index is 2.19. The Labute approximate surface area is 112 Å². The van der Waals surface area contributed by atoms with Crippen molar-refractivity contribution in [2.75, 3.05) is 0 Å². The molecule has 0 radical (unpaired) electrons. The van der Waals surface area contributed by atoms with Crippen LogP contribution in [0.5, 0.6) is 0 Å². The number of benzene rings is 2. The molecule has 94 valence electrons. The van der Waals surface area contributed by atoms with E-state index in [9.17, 15) is 13.9 Å². The molecule has 0 saturated carbocycles.